The molecule has 0 N–H and O–H groups in total. The van der Waals surface area contributed by atoms with E-state index >= 15 is 0 Å². The molecule has 0 amide bonds. The SMILES string of the molecule is Cc1cccc(/C=C2\OC(=O)c3c2ccc(F)c3F)c1. The Morgan fingerprint density at radius 2 is 1.95 bits per heavy atom. The number of esters is 1. The number of rotatable bonds is 1. The van der Waals surface area contributed by atoms with Gasteiger partial charge in [0.1, 0.15) is 11.3 Å². The first-order valence-electron chi connectivity index (χ1n) is 6.05. The number of ether oxygens (including phenoxy) is 1. The summed E-state index contributed by atoms with van der Waals surface area (Å²) in [6.07, 6.45) is 1.63. The van der Waals surface area contributed by atoms with E-state index in [4.69, 9.17) is 4.74 Å². The average molecular weight is 272 g/mol. The first-order chi connectivity index (χ1) is 9.56. The maximum atomic E-state index is 13.6. The van der Waals surface area contributed by atoms with E-state index in [1.807, 2.05) is 31.2 Å². The summed E-state index contributed by atoms with van der Waals surface area (Å²) in [6, 6.07) is 9.88. The molecule has 2 aromatic rings. The number of halogens is 2. The minimum Gasteiger partial charge on any atom is -0.422 e. The monoisotopic (exact) mass is 272 g/mol. The third kappa shape index (κ3) is 1.99. The normalized spacial score (nSPS) is 15.3. The van der Waals surface area contributed by atoms with Gasteiger partial charge >= 0.3 is 5.97 Å². The molecule has 0 fully saturated rings. The van der Waals surface area contributed by atoms with Gasteiger partial charge in [0.15, 0.2) is 11.6 Å². The van der Waals surface area contributed by atoms with Crippen molar-refractivity contribution in [2.24, 2.45) is 0 Å². The van der Waals surface area contributed by atoms with Crippen LogP contribution in [0.15, 0.2) is 36.4 Å². The predicted octanol–water partition coefficient (Wildman–Crippen LogP) is 3.94. The van der Waals surface area contributed by atoms with Gasteiger partial charge in [0, 0.05) is 5.56 Å². The van der Waals surface area contributed by atoms with Crippen molar-refractivity contribution in [1.82, 2.24) is 0 Å². The smallest absolute Gasteiger partial charge is 0.347 e. The van der Waals surface area contributed by atoms with Gasteiger partial charge in [-0.1, -0.05) is 29.8 Å². The van der Waals surface area contributed by atoms with E-state index in [0.717, 1.165) is 17.2 Å². The summed E-state index contributed by atoms with van der Waals surface area (Å²) in [5.41, 5.74) is 1.80. The minimum absolute atomic E-state index is 0.231. The third-order valence-corrected chi connectivity index (χ3v) is 3.11. The Kier molecular flexibility index (Phi) is 2.86. The molecule has 0 radical (unpaired) electrons. The lowest BCUT2D eigenvalue weighted by Gasteiger charge is -2.00. The topological polar surface area (TPSA) is 26.3 Å². The van der Waals surface area contributed by atoms with Crippen molar-refractivity contribution in [2.75, 3.05) is 0 Å². The second-order valence-electron chi connectivity index (χ2n) is 4.60. The molecule has 2 aromatic carbocycles. The lowest BCUT2D eigenvalue weighted by atomic mass is 10.0. The summed E-state index contributed by atoms with van der Waals surface area (Å²) in [6.45, 7) is 1.94. The number of benzene rings is 2. The Morgan fingerprint density at radius 3 is 2.70 bits per heavy atom. The molecule has 4 heteroatoms. The number of hydrogen-bond donors (Lipinski definition) is 0. The Labute approximate surface area is 114 Å². The summed E-state index contributed by atoms with van der Waals surface area (Å²) < 4.78 is 31.8. The van der Waals surface area contributed by atoms with Crippen LogP contribution >= 0.6 is 0 Å². The van der Waals surface area contributed by atoms with E-state index in [1.165, 1.54) is 6.07 Å². The van der Waals surface area contributed by atoms with Gasteiger partial charge in [0.25, 0.3) is 0 Å². The van der Waals surface area contributed by atoms with E-state index in [9.17, 15) is 13.6 Å². The zero-order valence-electron chi connectivity index (χ0n) is 10.6. The van der Waals surface area contributed by atoms with Crippen LogP contribution in [-0.2, 0) is 4.74 Å². The number of cyclic esters (lactones) is 1. The summed E-state index contributed by atoms with van der Waals surface area (Å²) in [7, 11) is 0. The van der Waals surface area contributed by atoms with Crippen molar-refractivity contribution in [1.29, 1.82) is 0 Å². The Balaban J connectivity index is 2.12. The van der Waals surface area contributed by atoms with Crippen LogP contribution in [0.25, 0.3) is 11.8 Å². The highest BCUT2D eigenvalue weighted by Crippen LogP contribution is 2.33. The fourth-order valence-corrected chi connectivity index (χ4v) is 2.18. The summed E-state index contributed by atoms with van der Waals surface area (Å²) in [4.78, 5) is 11.6. The van der Waals surface area contributed by atoms with Gasteiger partial charge in [0.05, 0.1) is 0 Å². The molecule has 20 heavy (non-hydrogen) atoms. The molecule has 1 aliphatic heterocycles. The van der Waals surface area contributed by atoms with Crippen LogP contribution in [0.2, 0.25) is 0 Å². The zero-order valence-corrected chi connectivity index (χ0v) is 10.6. The van der Waals surface area contributed by atoms with Crippen molar-refractivity contribution >= 4 is 17.8 Å². The quantitative estimate of drug-likeness (QED) is 0.735. The van der Waals surface area contributed by atoms with Crippen molar-refractivity contribution in [3.8, 4) is 0 Å². The molecular formula is C16H10F2O2. The van der Waals surface area contributed by atoms with E-state index in [-0.39, 0.29) is 16.9 Å². The minimum atomic E-state index is -1.17. The molecule has 3 rings (SSSR count). The highest BCUT2D eigenvalue weighted by molar-refractivity contribution is 6.05. The maximum absolute atomic E-state index is 13.6. The van der Waals surface area contributed by atoms with Crippen LogP contribution in [-0.4, -0.2) is 5.97 Å². The number of aryl methyl sites for hydroxylation is 1. The summed E-state index contributed by atoms with van der Waals surface area (Å²) >= 11 is 0. The summed E-state index contributed by atoms with van der Waals surface area (Å²) in [5, 5.41) is 0. The first-order valence-corrected chi connectivity index (χ1v) is 6.05. The first kappa shape index (κ1) is 12.5. The number of hydrogen-bond acceptors (Lipinski definition) is 2. The van der Waals surface area contributed by atoms with Gasteiger partial charge in [-0.2, -0.15) is 0 Å². The highest BCUT2D eigenvalue weighted by Gasteiger charge is 2.31. The van der Waals surface area contributed by atoms with Crippen LogP contribution in [0.5, 0.6) is 0 Å². The third-order valence-electron chi connectivity index (χ3n) is 3.11. The van der Waals surface area contributed by atoms with Crippen molar-refractivity contribution < 1.29 is 18.3 Å². The van der Waals surface area contributed by atoms with Crippen molar-refractivity contribution in [3.63, 3.8) is 0 Å². The standard InChI is InChI=1S/C16H10F2O2/c1-9-3-2-4-10(7-9)8-13-11-5-6-12(17)15(18)14(11)16(19)20-13/h2-8H,1H3/b13-8-. The van der Waals surface area contributed by atoms with Gasteiger partial charge in [0.2, 0.25) is 0 Å². The molecule has 0 atom stereocenters. The van der Waals surface area contributed by atoms with E-state index < -0.39 is 17.6 Å². The number of carbonyl (C=O) groups is 1. The van der Waals surface area contributed by atoms with Crippen molar-refractivity contribution in [3.05, 3.63) is 70.3 Å². The molecule has 100 valence electrons. The maximum Gasteiger partial charge on any atom is 0.347 e. The number of carbonyl (C=O) groups excluding carboxylic acids is 1. The Bertz CT molecular complexity index is 748. The van der Waals surface area contributed by atoms with Crippen LogP contribution < -0.4 is 0 Å². The Morgan fingerprint density at radius 1 is 1.15 bits per heavy atom. The number of fused-ring (bicyclic) bond motifs is 1. The Hall–Kier alpha value is -2.49. The second kappa shape index (κ2) is 4.56. The van der Waals surface area contributed by atoms with Crippen LogP contribution in [0.3, 0.4) is 0 Å². The second-order valence-corrected chi connectivity index (χ2v) is 4.60. The molecular weight excluding hydrogens is 262 g/mol. The predicted molar refractivity (Wildman–Crippen MR) is 70.8 cm³/mol. The summed E-state index contributed by atoms with van der Waals surface area (Å²) in [5.74, 6) is -2.86. The molecule has 1 heterocycles. The van der Waals surface area contributed by atoms with E-state index in [1.54, 1.807) is 6.08 Å². The van der Waals surface area contributed by atoms with Gasteiger partial charge in [-0.15, -0.1) is 0 Å². The zero-order chi connectivity index (χ0) is 14.3. The molecule has 0 saturated carbocycles. The highest BCUT2D eigenvalue weighted by atomic mass is 19.2. The molecule has 0 aliphatic carbocycles. The van der Waals surface area contributed by atoms with E-state index in [2.05, 4.69) is 0 Å². The van der Waals surface area contributed by atoms with Gasteiger partial charge < -0.3 is 4.74 Å². The molecule has 0 spiro atoms. The molecule has 0 unspecified atom stereocenters. The van der Waals surface area contributed by atoms with Crippen LogP contribution in [0.1, 0.15) is 27.0 Å². The van der Waals surface area contributed by atoms with Gasteiger partial charge in [-0.05, 0) is 30.7 Å². The molecule has 0 saturated heterocycles. The molecule has 2 nitrogen and oxygen atoms in total. The van der Waals surface area contributed by atoms with Gasteiger partial charge in [-0.3, -0.25) is 0 Å². The largest absolute Gasteiger partial charge is 0.422 e. The fraction of sp³-hybridized carbons (Fsp3) is 0.0625. The van der Waals surface area contributed by atoms with E-state index in [0.29, 0.717) is 0 Å². The van der Waals surface area contributed by atoms with Crippen molar-refractivity contribution in [2.45, 2.75) is 6.92 Å². The van der Waals surface area contributed by atoms with Crippen LogP contribution in [0.4, 0.5) is 8.78 Å². The molecule has 0 bridgehead atoms. The fourth-order valence-electron chi connectivity index (χ4n) is 2.18. The van der Waals surface area contributed by atoms with Gasteiger partial charge in [-0.25, -0.2) is 13.6 Å². The molecule has 0 aromatic heterocycles. The lowest BCUT2D eigenvalue weighted by Crippen LogP contribution is -2.00. The average Bonchev–Trinajstić information content (AvgIpc) is 2.71. The molecule has 1 aliphatic rings. The lowest BCUT2D eigenvalue weighted by molar-refractivity contribution is 0.0712. The van der Waals surface area contributed by atoms with Crippen LogP contribution in [0, 0.1) is 18.6 Å².